The monoisotopic (exact) mass is 476 g/mol. The van der Waals surface area contributed by atoms with Gasteiger partial charge in [-0.2, -0.15) is 16.9 Å². The number of fused-ring (bicyclic) bond motifs is 1. The molecule has 0 aromatic heterocycles. The van der Waals surface area contributed by atoms with Gasteiger partial charge in [0.05, 0.1) is 17.9 Å². The van der Waals surface area contributed by atoms with Gasteiger partial charge in [-0.25, -0.2) is 8.42 Å². The molecule has 1 heterocycles. The highest BCUT2D eigenvalue weighted by Crippen LogP contribution is 2.34. The van der Waals surface area contributed by atoms with Crippen LogP contribution in [0.25, 0.3) is 10.8 Å². The van der Waals surface area contributed by atoms with Gasteiger partial charge in [0.1, 0.15) is 6.04 Å². The van der Waals surface area contributed by atoms with E-state index < -0.39 is 16.1 Å². The molecule has 172 valence electrons. The Morgan fingerprint density at radius 2 is 1.88 bits per heavy atom. The first kappa shape index (κ1) is 23.1. The van der Waals surface area contributed by atoms with Crippen LogP contribution < -0.4 is 0 Å². The van der Waals surface area contributed by atoms with Crippen molar-refractivity contribution in [1.82, 2.24) is 9.21 Å². The van der Waals surface area contributed by atoms with E-state index >= 15 is 0 Å². The third kappa shape index (κ3) is 4.79. The average molecular weight is 477 g/mol. The van der Waals surface area contributed by atoms with Crippen LogP contribution in [0.4, 0.5) is 0 Å². The van der Waals surface area contributed by atoms with E-state index in [1.54, 1.807) is 30.0 Å². The second-order valence-electron chi connectivity index (χ2n) is 8.31. The topological polar surface area (TPSA) is 84.0 Å². The molecule has 1 aliphatic carbocycles. The first-order valence-corrected chi connectivity index (χ1v) is 12.9. The molecule has 9 heteroatoms. The number of thiol groups is 1. The molecule has 7 nitrogen and oxygen atoms in total. The molecule has 1 aliphatic heterocycles. The van der Waals surface area contributed by atoms with Crippen molar-refractivity contribution in [3.05, 3.63) is 42.5 Å². The molecule has 2 fully saturated rings. The van der Waals surface area contributed by atoms with Gasteiger partial charge in [-0.1, -0.05) is 30.3 Å². The maximum absolute atomic E-state index is 13.5. The first-order chi connectivity index (χ1) is 15.3. The van der Waals surface area contributed by atoms with Crippen molar-refractivity contribution in [2.45, 2.75) is 54.8 Å². The zero-order valence-corrected chi connectivity index (χ0v) is 19.7. The van der Waals surface area contributed by atoms with Gasteiger partial charge >= 0.3 is 5.97 Å². The molecule has 1 amide bonds. The van der Waals surface area contributed by atoms with Crippen LogP contribution in [0.15, 0.2) is 47.4 Å². The van der Waals surface area contributed by atoms with E-state index in [1.807, 2.05) is 24.3 Å². The standard InChI is InChI=1S/C23H28N2O5S2/c1-2-30-22(26)11-12-24(18-8-9-18)23(27)21-14-19(31)15-25(21)32(28,29)20-10-7-16-5-3-4-6-17(16)13-20/h3-7,10,13,18-19,21,31H,2,8-9,11-12,14-15H2,1H3/t19-,21+/m1/s1. The minimum absolute atomic E-state index is 0.0566. The minimum atomic E-state index is -3.89. The molecule has 4 rings (SSSR count). The molecule has 32 heavy (non-hydrogen) atoms. The number of carbonyl (C=O) groups excluding carboxylic acids is 2. The minimum Gasteiger partial charge on any atom is -0.466 e. The SMILES string of the molecule is CCOC(=O)CCN(C(=O)[C@@H]1C[C@@H](S)CN1S(=O)(=O)c1ccc2ccccc2c1)C1CC1. The number of carbonyl (C=O) groups is 2. The van der Waals surface area contributed by atoms with Gasteiger partial charge in [-0.15, -0.1) is 0 Å². The van der Waals surface area contributed by atoms with Crippen molar-refractivity contribution in [1.29, 1.82) is 0 Å². The molecule has 2 aliphatic rings. The average Bonchev–Trinajstić information content (AvgIpc) is 3.53. The van der Waals surface area contributed by atoms with Crippen LogP contribution in [-0.2, 0) is 24.3 Å². The van der Waals surface area contributed by atoms with E-state index in [2.05, 4.69) is 12.6 Å². The molecular formula is C23H28N2O5S2. The molecule has 0 radical (unpaired) electrons. The van der Waals surface area contributed by atoms with Crippen molar-refractivity contribution in [3.8, 4) is 0 Å². The molecule has 1 saturated carbocycles. The Bertz CT molecular complexity index is 1120. The number of nitrogens with zero attached hydrogens (tertiary/aromatic N) is 2. The lowest BCUT2D eigenvalue weighted by Gasteiger charge is -2.30. The second-order valence-corrected chi connectivity index (χ2v) is 10.9. The number of esters is 1. The van der Waals surface area contributed by atoms with Crippen LogP contribution in [-0.4, -0.2) is 66.5 Å². The summed E-state index contributed by atoms with van der Waals surface area (Å²) >= 11 is 4.51. The summed E-state index contributed by atoms with van der Waals surface area (Å²) in [5.74, 6) is -0.609. The maximum Gasteiger partial charge on any atom is 0.307 e. The molecule has 2 aromatic carbocycles. The maximum atomic E-state index is 13.5. The molecule has 1 saturated heterocycles. The van der Waals surface area contributed by atoms with Crippen molar-refractivity contribution in [2.24, 2.45) is 0 Å². The summed E-state index contributed by atoms with van der Waals surface area (Å²) in [4.78, 5) is 27.1. The zero-order valence-electron chi connectivity index (χ0n) is 18.0. The predicted molar refractivity (Wildman–Crippen MR) is 125 cm³/mol. The largest absolute Gasteiger partial charge is 0.466 e. The van der Waals surface area contributed by atoms with Crippen molar-refractivity contribution in [3.63, 3.8) is 0 Å². The fourth-order valence-corrected chi connectivity index (χ4v) is 6.39. The predicted octanol–water partition coefficient (Wildman–Crippen LogP) is 2.85. The van der Waals surface area contributed by atoms with Crippen molar-refractivity contribution < 1.29 is 22.7 Å². The van der Waals surface area contributed by atoms with Crippen molar-refractivity contribution in [2.75, 3.05) is 19.7 Å². The smallest absolute Gasteiger partial charge is 0.307 e. The summed E-state index contributed by atoms with van der Waals surface area (Å²) in [7, 11) is -3.89. The summed E-state index contributed by atoms with van der Waals surface area (Å²) in [6.45, 7) is 2.44. The number of hydrogen-bond acceptors (Lipinski definition) is 6. The number of rotatable bonds is 8. The summed E-state index contributed by atoms with van der Waals surface area (Å²) in [5, 5.41) is 1.55. The Kier molecular flexibility index (Phi) is 6.78. The van der Waals surface area contributed by atoms with Gasteiger partial charge in [0.15, 0.2) is 0 Å². The van der Waals surface area contributed by atoms with Gasteiger partial charge in [0, 0.05) is 24.4 Å². The second kappa shape index (κ2) is 9.41. The van der Waals surface area contributed by atoms with E-state index in [0.717, 1.165) is 23.6 Å². The van der Waals surface area contributed by atoms with E-state index in [1.165, 1.54) is 4.31 Å². The van der Waals surface area contributed by atoms with Crippen LogP contribution in [0.1, 0.15) is 32.6 Å². The van der Waals surface area contributed by atoms with Crippen LogP contribution >= 0.6 is 12.6 Å². The summed E-state index contributed by atoms with van der Waals surface area (Å²) in [6, 6.07) is 11.8. The molecular weight excluding hydrogens is 448 g/mol. The normalized spacial score (nSPS) is 21.6. The summed E-state index contributed by atoms with van der Waals surface area (Å²) in [6.07, 6.45) is 2.17. The third-order valence-electron chi connectivity index (χ3n) is 5.98. The lowest BCUT2D eigenvalue weighted by molar-refractivity contribution is -0.144. The highest BCUT2D eigenvalue weighted by atomic mass is 32.2. The number of hydrogen-bond donors (Lipinski definition) is 1. The van der Waals surface area contributed by atoms with Crippen LogP contribution in [0, 0.1) is 0 Å². The fraction of sp³-hybridized carbons (Fsp3) is 0.478. The molecule has 0 N–H and O–H groups in total. The van der Waals surface area contributed by atoms with Gasteiger partial charge in [-0.3, -0.25) is 9.59 Å². The number of amides is 1. The quantitative estimate of drug-likeness (QED) is 0.468. The summed E-state index contributed by atoms with van der Waals surface area (Å²) in [5.41, 5.74) is 0. The van der Waals surface area contributed by atoms with E-state index in [-0.39, 0.29) is 54.2 Å². The van der Waals surface area contributed by atoms with E-state index in [0.29, 0.717) is 6.42 Å². The van der Waals surface area contributed by atoms with Gasteiger partial charge in [0.25, 0.3) is 0 Å². The first-order valence-electron chi connectivity index (χ1n) is 11.0. The Morgan fingerprint density at radius 1 is 1.16 bits per heavy atom. The van der Waals surface area contributed by atoms with E-state index in [4.69, 9.17) is 4.74 Å². The van der Waals surface area contributed by atoms with E-state index in [9.17, 15) is 18.0 Å². The van der Waals surface area contributed by atoms with Crippen molar-refractivity contribution >= 4 is 45.3 Å². The Balaban J connectivity index is 1.58. The summed E-state index contributed by atoms with van der Waals surface area (Å²) < 4.78 is 33.4. The van der Waals surface area contributed by atoms with Crippen LogP contribution in [0.5, 0.6) is 0 Å². The molecule has 0 bridgehead atoms. The highest BCUT2D eigenvalue weighted by Gasteiger charge is 2.46. The number of benzene rings is 2. The molecule has 2 aromatic rings. The number of sulfonamides is 1. The Labute approximate surface area is 194 Å². The fourth-order valence-electron chi connectivity index (χ4n) is 4.23. The lowest BCUT2D eigenvalue weighted by atomic mass is 10.1. The van der Waals surface area contributed by atoms with Gasteiger partial charge in [-0.05, 0) is 49.1 Å². The van der Waals surface area contributed by atoms with Crippen LogP contribution in [0.2, 0.25) is 0 Å². The third-order valence-corrected chi connectivity index (χ3v) is 8.22. The lowest BCUT2D eigenvalue weighted by Crippen LogP contribution is -2.49. The zero-order chi connectivity index (χ0) is 22.9. The van der Waals surface area contributed by atoms with Crippen LogP contribution in [0.3, 0.4) is 0 Å². The Morgan fingerprint density at radius 3 is 2.56 bits per heavy atom. The van der Waals surface area contributed by atoms with Gasteiger partial charge in [0.2, 0.25) is 15.9 Å². The molecule has 2 atom stereocenters. The Hall–Kier alpha value is -2.10. The molecule has 0 unspecified atom stereocenters. The van der Waals surface area contributed by atoms with Gasteiger partial charge < -0.3 is 9.64 Å². The number of ether oxygens (including phenoxy) is 1. The molecule has 0 spiro atoms. The highest BCUT2D eigenvalue weighted by molar-refractivity contribution is 7.89.